The Hall–Kier alpha value is -1.92. The van der Waals surface area contributed by atoms with Gasteiger partial charge in [-0.25, -0.2) is 0 Å². The summed E-state index contributed by atoms with van der Waals surface area (Å²) >= 11 is 0. The van der Waals surface area contributed by atoms with Crippen molar-refractivity contribution in [2.24, 2.45) is 11.3 Å². The van der Waals surface area contributed by atoms with Gasteiger partial charge in [0.05, 0.1) is 12.5 Å². The number of allylic oxidation sites excluding steroid dienone is 1. The van der Waals surface area contributed by atoms with Gasteiger partial charge in [-0.3, -0.25) is 19.7 Å². The molecule has 1 aliphatic heterocycles. The van der Waals surface area contributed by atoms with Crippen LogP contribution in [-0.4, -0.2) is 28.9 Å². The Labute approximate surface area is 122 Å². The molecule has 2 rings (SSSR count). The summed E-state index contributed by atoms with van der Waals surface area (Å²) in [5.74, 6) is -1.94. The molecule has 3 atom stereocenters. The van der Waals surface area contributed by atoms with Crippen LogP contribution in [0.1, 0.15) is 40.0 Å². The smallest absolute Gasteiger partial charge is 0.322 e. The molecule has 1 saturated carbocycles. The van der Waals surface area contributed by atoms with E-state index >= 15 is 0 Å². The van der Waals surface area contributed by atoms with E-state index < -0.39 is 28.7 Å². The number of nitrogens with one attached hydrogen (secondary N) is 1. The second-order valence-electron chi connectivity index (χ2n) is 5.94. The number of esters is 1. The maximum atomic E-state index is 12.5. The van der Waals surface area contributed by atoms with Gasteiger partial charge in [0.1, 0.15) is 0 Å². The lowest BCUT2D eigenvalue weighted by Crippen LogP contribution is -2.64. The molecule has 0 saturated heterocycles. The summed E-state index contributed by atoms with van der Waals surface area (Å²) in [4.78, 5) is 36.2. The third-order valence-corrected chi connectivity index (χ3v) is 4.64. The molecule has 7 heteroatoms. The molecule has 0 aromatic carbocycles. The average Bonchev–Trinajstić information content (AvgIpc) is 2.40. The van der Waals surface area contributed by atoms with Crippen LogP contribution in [0.3, 0.4) is 0 Å². The van der Waals surface area contributed by atoms with Gasteiger partial charge in [0.25, 0.3) is 0 Å². The van der Waals surface area contributed by atoms with Crippen molar-refractivity contribution in [2.45, 2.75) is 45.6 Å². The zero-order chi connectivity index (χ0) is 15.8. The van der Waals surface area contributed by atoms with Crippen molar-refractivity contribution in [1.82, 2.24) is 5.32 Å². The zero-order valence-corrected chi connectivity index (χ0v) is 12.5. The standard InChI is InChI=1S/C14H20N2O5/c1-4-21-12(18)14-7-5-6-13(3,16(19)20)10(14)8-9(2)15-11(14)17/h8,10H,4-7H2,1-3H3,(H,15,17)/t10-,13+,14-/m0/s1. The number of nitro groups is 1. The lowest BCUT2D eigenvalue weighted by molar-refractivity contribution is -0.580. The van der Waals surface area contributed by atoms with Gasteiger partial charge in [-0.05, 0) is 26.7 Å². The van der Waals surface area contributed by atoms with Gasteiger partial charge in [-0.15, -0.1) is 0 Å². The van der Waals surface area contributed by atoms with Crippen LogP contribution < -0.4 is 5.32 Å². The number of rotatable bonds is 3. The highest BCUT2D eigenvalue weighted by molar-refractivity contribution is 6.05. The maximum absolute atomic E-state index is 12.5. The molecule has 1 fully saturated rings. The first-order valence-corrected chi connectivity index (χ1v) is 7.10. The molecule has 0 unspecified atom stereocenters. The highest BCUT2D eigenvalue weighted by Crippen LogP contribution is 2.51. The molecule has 0 radical (unpaired) electrons. The van der Waals surface area contributed by atoms with Crippen LogP contribution in [0.5, 0.6) is 0 Å². The summed E-state index contributed by atoms with van der Waals surface area (Å²) < 4.78 is 5.07. The molecule has 2 aliphatic rings. The quantitative estimate of drug-likeness (QED) is 0.367. The lowest BCUT2D eigenvalue weighted by Gasteiger charge is -2.46. The highest BCUT2D eigenvalue weighted by atomic mass is 16.6. The minimum absolute atomic E-state index is 0.137. The van der Waals surface area contributed by atoms with E-state index in [4.69, 9.17) is 4.74 Å². The van der Waals surface area contributed by atoms with Gasteiger partial charge < -0.3 is 10.1 Å². The third-order valence-electron chi connectivity index (χ3n) is 4.64. The minimum Gasteiger partial charge on any atom is -0.465 e. The Balaban J connectivity index is 2.59. The molecular weight excluding hydrogens is 276 g/mol. The Bertz CT molecular complexity index is 529. The van der Waals surface area contributed by atoms with Gasteiger partial charge in [-0.2, -0.15) is 0 Å². The number of carbonyl (C=O) groups excluding carboxylic acids is 2. The van der Waals surface area contributed by atoms with E-state index in [0.717, 1.165) is 0 Å². The molecule has 0 spiro atoms. The Kier molecular flexibility index (Phi) is 3.78. The summed E-state index contributed by atoms with van der Waals surface area (Å²) in [5.41, 5.74) is -2.29. The minimum atomic E-state index is -1.49. The monoisotopic (exact) mass is 296 g/mol. The van der Waals surface area contributed by atoms with Crippen LogP contribution >= 0.6 is 0 Å². The molecule has 1 N–H and O–H groups in total. The molecule has 0 bridgehead atoms. The van der Waals surface area contributed by atoms with Crippen molar-refractivity contribution in [3.8, 4) is 0 Å². The van der Waals surface area contributed by atoms with Crippen molar-refractivity contribution < 1.29 is 19.2 Å². The molecule has 1 aliphatic carbocycles. The normalized spacial score (nSPS) is 35.3. The molecule has 21 heavy (non-hydrogen) atoms. The van der Waals surface area contributed by atoms with Crippen molar-refractivity contribution in [3.63, 3.8) is 0 Å². The Morgan fingerprint density at radius 3 is 2.81 bits per heavy atom. The van der Waals surface area contributed by atoms with Gasteiger partial charge in [0, 0.05) is 24.0 Å². The highest BCUT2D eigenvalue weighted by Gasteiger charge is 2.66. The molecule has 0 aromatic rings. The van der Waals surface area contributed by atoms with Crippen LogP contribution in [0, 0.1) is 21.4 Å². The van der Waals surface area contributed by atoms with Gasteiger partial charge in [0.15, 0.2) is 5.41 Å². The fourth-order valence-electron chi connectivity index (χ4n) is 3.51. The first kappa shape index (κ1) is 15.5. The van der Waals surface area contributed by atoms with E-state index in [1.165, 1.54) is 6.92 Å². The van der Waals surface area contributed by atoms with E-state index in [9.17, 15) is 19.7 Å². The van der Waals surface area contributed by atoms with Crippen molar-refractivity contribution in [3.05, 3.63) is 21.9 Å². The Morgan fingerprint density at radius 1 is 1.57 bits per heavy atom. The second kappa shape index (κ2) is 5.13. The van der Waals surface area contributed by atoms with E-state index in [1.807, 2.05) is 0 Å². The number of nitrogens with zero attached hydrogens (tertiary/aromatic N) is 1. The van der Waals surface area contributed by atoms with Crippen molar-refractivity contribution >= 4 is 11.9 Å². The molecule has 116 valence electrons. The third kappa shape index (κ3) is 2.11. The number of fused-ring (bicyclic) bond motifs is 1. The lowest BCUT2D eigenvalue weighted by atomic mass is 9.57. The largest absolute Gasteiger partial charge is 0.465 e. The van der Waals surface area contributed by atoms with Crippen LogP contribution in [0.2, 0.25) is 0 Å². The molecule has 1 amide bonds. The summed E-state index contributed by atoms with van der Waals surface area (Å²) in [5, 5.41) is 14.2. The molecule has 7 nitrogen and oxygen atoms in total. The van der Waals surface area contributed by atoms with Crippen molar-refractivity contribution in [2.75, 3.05) is 6.61 Å². The number of ether oxygens (including phenoxy) is 1. The summed E-state index contributed by atoms with van der Waals surface area (Å²) in [6.45, 7) is 4.97. The van der Waals surface area contributed by atoms with Gasteiger partial charge >= 0.3 is 5.97 Å². The second-order valence-corrected chi connectivity index (χ2v) is 5.94. The van der Waals surface area contributed by atoms with Crippen molar-refractivity contribution in [1.29, 1.82) is 0 Å². The first-order valence-electron chi connectivity index (χ1n) is 7.10. The van der Waals surface area contributed by atoms with Gasteiger partial charge in [0.2, 0.25) is 11.4 Å². The van der Waals surface area contributed by atoms with E-state index in [1.54, 1.807) is 19.9 Å². The van der Waals surface area contributed by atoms with Crippen LogP contribution in [0.4, 0.5) is 0 Å². The predicted octanol–water partition coefficient (Wildman–Crippen LogP) is 1.41. The predicted molar refractivity (Wildman–Crippen MR) is 73.7 cm³/mol. The van der Waals surface area contributed by atoms with Gasteiger partial charge in [-0.1, -0.05) is 6.08 Å². The summed E-state index contributed by atoms with van der Waals surface area (Å²) in [6.07, 6.45) is 2.69. The summed E-state index contributed by atoms with van der Waals surface area (Å²) in [7, 11) is 0. The average molecular weight is 296 g/mol. The number of hydrogen-bond donors (Lipinski definition) is 1. The summed E-state index contributed by atoms with van der Waals surface area (Å²) in [6, 6.07) is 0. The fourth-order valence-corrected chi connectivity index (χ4v) is 3.51. The number of amides is 1. The van der Waals surface area contributed by atoms with E-state index in [0.29, 0.717) is 18.5 Å². The Morgan fingerprint density at radius 2 is 2.24 bits per heavy atom. The van der Waals surface area contributed by atoms with Crippen LogP contribution in [0.25, 0.3) is 0 Å². The topological polar surface area (TPSA) is 98.5 Å². The number of hydrogen-bond acceptors (Lipinski definition) is 5. The van der Waals surface area contributed by atoms with E-state index in [-0.39, 0.29) is 18.0 Å². The number of carbonyl (C=O) groups is 2. The maximum Gasteiger partial charge on any atom is 0.322 e. The molecular formula is C14H20N2O5. The SMILES string of the molecule is CCOC(=O)[C@@]12CCC[C@@](C)([N+](=O)[O-])[C@@H]1C=C(C)NC2=O. The first-order chi connectivity index (χ1) is 9.79. The van der Waals surface area contributed by atoms with Crippen LogP contribution in [-0.2, 0) is 14.3 Å². The zero-order valence-electron chi connectivity index (χ0n) is 12.5. The van der Waals surface area contributed by atoms with Crippen LogP contribution in [0.15, 0.2) is 11.8 Å². The fraction of sp³-hybridized carbons (Fsp3) is 0.714. The molecule has 0 aromatic heterocycles. The van der Waals surface area contributed by atoms with E-state index in [2.05, 4.69) is 5.32 Å². The molecule has 1 heterocycles.